The third-order valence-corrected chi connectivity index (χ3v) is 5.64. The van der Waals surface area contributed by atoms with Crippen LogP contribution in [0.15, 0.2) is 24.3 Å². The minimum atomic E-state index is -0.146. The molecular weight excluding hydrogens is 304 g/mol. The van der Waals surface area contributed by atoms with Gasteiger partial charge >= 0.3 is 0 Å². The molecule has 2 saturated carbocycles. The molecule has 4 nitrogen and oxygen atoms in total. The van der Waals surface area contributed by atoms with Gasteiger partial charge in [-0.1, -0.05) is 12.5 Å². The van der Waals surface area contributed by atoms with Crippen molar-refractivity contribution < 1.29 is 19.3 Å². The molecule has 5 unspecified atom stereocenters. The van der Waals surface area contributed by atoms with Crippen LogP contribution in [0.4, 0.5) is 0 Å². The molecule has 4 rings (SSSR count). The fourth-order valence-corrected chi connectivity index (χ4v) is 4.13. The molecule has 0 radical (unpaired) electrons. The highest BCUT2D eigenvalue weighted by molar-refractivity contribution is 5.33. The van der Waals surface area contributed by atoms with Crippen LogP contribution in [0.3, 0.4) is 0 Å². The average Bonchev–Trinajstić information content (AvgIpc) is 3.37. The Morgan fingerprint density at radius 3 is 2.38 bits per heavy atom. The molecular formula is C20H28O4. The summed E-state index contributed by atoms with van der Waals surface area (Å²) in [6, 6.07) is 7.95. The van der Waals surface area contributed by atoms with Crippen molar-refractivity contribution in [2.24, 2.45) is 11.8 Å². The molecule has 0 amide bonds. The molecule has 1 N–H and O–H groups in total. The number of hydrogen-bond donors (Lipinski definition) is 1. The summed E-state index contributed by atoms with van der Waals surface area (Å²) in [5, 5.41) is 9.75. The molecule has 3 aliphatic rings. The molecule has 5 atom stereocenters. The lowest BCUT2D eigenvalue weighted by Crippen LogP contribution is -2.24. The number of aliphatic hydroxyl groups excluding tert-OH is 1. The standard InChI is InChI=1S/C20H28O4/c21-16-4-1-3-14(9-16)12-22-17-5-2-6-18(11-17)23-13-15-7-8-19-20(10-15)24-19/h2,5-6,11,14-16,19-21H,1,3-4,7-10,12-13H2. The highest BCUT2D eigenvalue weighted by Crippen LogP contribution is 2.39. The monoisotopic (exact) mass is 332 g/mol. The van der Waals surface area contributed by atoms with Gasteiger partial charge in [0.15, 0.2) is 0 Å². The van der Waals surface area contributed by atoms with Crippen LogP contribution < -0.4 is 9.47 Å². The predicted molar refractivity (Wildman–Crippen MR) is 91.4 cm³/mol. The number of epoxide rings is 1. The molecule has 0 spiro atoms. The summed E-state index contributed by atoms with van der Waals surface area (Å²) < 4.78 is 17.5. The third kappa shape index (κ3) is 4.22. The Kier molecular flexibility index (Phi) is 4.95. The van der Waals surface area contributed by atoms with Crippen molar-refractivity contribution in [3.63, 3.8) is 0 Å². The second kappa shape index (κ2) is 7.32. The smallest absolute Gasteiger partial charge is 0.122 e. The molecule has 1 aromatic carbocycles. The minimum absolute atomic E-state index is 0.146. The quantitative estimate of drug-likeness (QED) is 0.809. The van der Waals surface area contributed by atoms with Crippen LogP contribution in [-0.4, -0.2) is 36.6 Å². The molecule has 1 aliphatic heterocycles. The lowest BCUT2D eigenvalue weighted by molar-refractivity contribution is 0.0809. The maximum atomic E-state index is 9.75. The van der Waals surface area contributed by atoms with Gasteiger partial charge in [-0.25, -0.2) is 0 Å². The maximum absolute atomic E-state index is 9.75. The molecule has 1 aromatic rings. The van der Waals surface area contributed by atoms with Crippen LogP contribution in [0.2, 0.25) is 0 Å². The van der Waals surface area contributed by atoms with Crippen LogP contribution in [0.1, 0.15) is 44.9 Å². The summed E-state index contributed by atoms with van der Waals surface area (Å²) in [5.41, 5.74) is 0. The highest BCUT2D eigenvalue weighted by atomic mass is 16.6. The largest absolute Gasteiger partial charge is 0.493 e. The summed E-state index contributed by atoms with van der Waals surface area (Å²) in [4.78, 5) is 0. The van der Waals surface area contributed by atoms with E-state index in [2.05, 4.69) is 0 Å². The molecule has 1 saturated heterocycles. The minimum Gasteiger partial charge on any atom is -0.493 e. The van der Waals surface area contributed by atoms with Gasteiger partial charge in [0.25, 0.3) is 0 Å². The van der Waals surface area contributed by atoms with E-state index >= 15 is 0 Å². The first-order valence-corrected chi connectivity index (χ1v) is 9.45. The van der Waals surface area contributed by atoms with Crippen LogP contribution in [-0.2, 0) is 4.74 Å². The lowest BCUT2D eigenvalue weighted by atomic mass is 9.88. The van der Waals surface area contributed by atoms with E-state index in [1.165, 1.54) is 12.8 Å². The Morgan fingerprint density at radius 2 is 1.67 bits per heavy atom. The van der Waals surface area contributed by atoms with Crippen LogP contribution in [0, 0.1) is 11.8 Å². The van der Waals surface area contributed by atoms with Gasteiger partial charge in [0.05, 0.1) is 31.5 Å². The number of fused-ring (bicyclic) bond motifs is 1. The first-order chi connectivity index (χ1) is 11.8. The van der Waals surface area contributed by atoms with E-state index in [0.29, 0.717) is 30.7 Å². The Hall–Kier alpha value is -1.26. The number of hydrogen-bond acceptors (Lipinski definition) is 4. The van der Waals surface area contributed by atoms with E-state index in [4.69, 9.17) is 14.2 Å². The Balaban J connectivity index is 1.24. The fraction of sp³-hybridized carbons (Fsp3) is 0.700. The van der Waals surface area contributed by atoms with Crippen molar-refractivity contribution in [2.75, 3.05) is 13.2 Å². The third-order valence-electron chi connectivity index (χ3n) is 5.64. The van der Waals surface area contributed by atoms with Crippen LogP contribution in [0.5, 0.6) is 11.5 Å². The van der Waals surface area contributed by atoms with Crippen molar-refractivity contribution >= 4 is 0 Å². The van der Waals surface area contributed by atoms with Crippen molar-refractivity contribution in [3.05, 3.63) is 24.3 Å². The lowest BCUT2D eigenvalue weighted by Gasteiger charge is -2.25. The van der Waals surface area contributed by atoms with Crippen molar-refractivity contribution in [1.29, 1.82) is 0 Å². The Morgan fingerprint density at radius 1 is 0.917 bits per heavy atom. The number of aliphatic hydroxyl groups is 1. The van der Waals surface area contributed by atoms with Gasteiger partial charge in [-0.05, 0) is 62.5 Å². The second-order valence-electron chi connectivity index (χ2n) is 7.68. The number of ether oxygens (including phenoxy) is 3. The number of benzene rings is 1. The van der Waals surface area contributed by atoms with Crippen molar-refractivity contribution in [3.8, 4) is 11.5 Å². The summed E-state index contributed by atoms with van der Waals surface area (Å²) in [7, 11) is 0. The van der Waals surface area contributed by atoms with E-state index in [9.17, 15) is 5.11 Å². The Labute approximate surface area is 144 Å². The molecule has 24 heavy (non-hydrogen) atoms. The predicted octanol–water partition coefficient (Wildman–Crippen LogP) is 3.56. The fourth-order valence-electron chi connectivity index (χ4n) is 4.13. The van der Waals surface area contributed by atoms with Gasteiger partial charge in [-0.15, -0.1) is 0 Å². The Bertz CT molecular complexity index is 521. The second-order valence-corrected chi connectivity index (χ2v) is 7.68. The van der Waals surface area contributed by atoms with E-state index in [-0.39, 0.29) is 6.10 Å². The van der Waals surface area contributed by atoms with Gasteiger partial charge in [-0.3, -0.25) is 0 Å². The van der Waals surface area contributed by atoms with Gasteiger partial charge in [0.2, 0.25) is 0 Å². The number of rotatable bonds is 6. The summed E-state index contributed by atoms with van der Waals surface area (Å²) in [6.07, 6.45) is 8.51. The SMILES string of the molecule is OC1CCCC(COc2cccc(OCC3CCC4OC4C3)c2)C1. The van der Waals surface area contributed by atoms with Crippen LogP contribution >= 0.6 is 0 Å². The molecule has 0 bridgehead atoms. The molecule has 132 valence electrons. The molecule has 1 heterocycles. The van der Waals surface area contributed by atoms with E-state index in [0.717, 1.165) is 50.2 Å². The zero-order chi connectivity index (χ0) is 16.4. The van der Waals surface area contributed by atoms with Gasteiger partial charge < -0.3 is 19.3 Å². The van der Waals surface area contributed by atoms with Gasteiger partial charge in [-0.2, -0.15) is 0 Å². The van der Waals surface area contributed by atoms with E-state index in [1.54, 1.807) is 0 Å². The molecule has 2 aliphatic carbocycles. The molecule has 0 aromatic heterocycles. The molecule has 3 fully saturated rings. The van der Waals surface area contributed by atoms with E-state index in [1.807, 2.05) is 24.3 Å². The summed E-state index contributed by atoms with van der Waals surface area (Å²) >= 11 is 0. The van der Waals surface area contributed by atoms with E-state index < -0.39 is 0 Å². The van der Waals surface area contributed by atoms with Crippen LogP contribution in [0.25, 0.3) is 0 Å². The summed E-state index contributed by atoms with van der Waals surface area (Å²) in [5.74, 6) is 2.82. The first-order valence-electron chi connectivity index (χ1n) is 9.45. The zero-order valence-corrected chi connectivity index (χ0v) is 14.2. The maximum Gasteiger partial charge on any atom is 0.122 e. The topological polar surface area (TPSA) is 51.2 Å². The normalized spacial score (nSPS) is 35.1. The van der Waals surface area contributed by atoms with Gasteiger partial charge in [0, 0.05) is 6.07 Å². The van der Waals surface area contributed by atoms with Crippen molar-refractivity contribution in [1.82, 2.24) is 0 Å². The zero-order valence-electron chi connectivity index (χ0n) is 14.2. The average molecular weight is 332 g/mol. The van der Waals surface area contributed by atoms with Crippen molar-refractivity contribution in [2.45, 2.75) is 63.3 Å². The summed E-state index contributed by atoms with van der Waals surface area (Å²) in [6.45, 7) is 1.45. The molecule has 4 heteroatoms. The van der Waals surface area contributed by atoms with Gasteiger partial charge in [0.1, 0.15) is 11.5 Å². The first kappa shape index (κ1) is 16.2. The highest BCUT2D eigenvalue weighted by Gasteiger charge is 2.43.